The first-order chi connectivity index (χ1) is 9.74. The van der Waals surface area contributed by atoms with Crippen LogP contribution >= 0.6 is 11.3 Å². The van der Waals surface area contributed by atoms with E-state index >= 15 is 0 Å². The molecule has 20 heavy (non-hydrogen) atoms. The van der Waals surface area contributed by atoms with Crippen LogP contribution in [0, 0.1) is 0 Å². The lowest BCUT2D eigenvalue weighted by molar-refractivity contribution is -0.139. The summed E-state index contributed by atoms with van der Waals surface area (Å²) in [6.07, 6.45) is 2.30. The van der Waals surface area contributed by atoms with E-state index in [1.54, 1.807) is 0 Å². The Bertz CT molecular complexity index is 599. The molecule has 0 radical (unpaired) electrons. The second-order valence-corrected chi connectivity index (χ2v) is 5.77. The van der Waals surface area contributed by atoms with E-state index in [2.05, 4.69) is 39.3 Å². The van der Waals surface area contributed by atoms with Gasteiger partial charge in [0.1, 0.15) is 0 Å². The molecule has 0 fully saturated rings. The van der Waals surface area contributed by atoms with Gasteiger partial charge in [0, 0.05) is 11.4 Å². The van der Waals surface area contributed by atoms with Crippen LogP contribution in [0.15, 0.2) is 29.6 Å². The molecule has 2 aromatic rings. The Labute approximate surface area is 121 Å². The molecule has 0 saturated heterocycles. The number of esters is 1. The molecule has 0 amide bonds. The van der Waals surface area contributed by atoms with Crippen molar-refractivity contribution in [1.29, 1.82) is 0 Å². The van der Waals surface area contributed by atoms with Gasteiger partial charge in [0.2, 0.25) is 0 Å². The molecule has 1 N–H and O–H groups in total. The predicted octanol–water partition coefficient (Wildman–Crippen LogP) is 2.44. The number of thiazole rings is 1. The lowest BCUT2D eigenvalue weighted by atomic mass is 10.1. The number of benzene rings is 1. The highest BCUT2D eigenvalue weighted by Crippen LogP contribution is 2.25. The number of anilines is 1. The number of fused-ring (bicyclic) bond motifs is 1. The lowest BCUT2D eigenvalue weighted by Crippen LogP contribution is -2.19. The van der Waals surface area contributed by atoms with Gasteiger partial charge in [0.05, 0.1) is 19.2 Å². The summed E-state index contributed by atoms with van der Waals surface area (Å²) in [6, 6.07) is 8.92. The number of hydrogen-bond acceptors (Lipinski definition) is 5. The summed E-state index contributed by atoms with van der Waals surface area (Å²) in [5.41, 5.74) is 3.59. The number of nitrogens with one attached hydrogen (secondary N) is 1. The Morgan fingerprint density at radius 2 is 2.10 bits per heavy atom. The molecule has 1 aromatic carbocycles. The Hall–Kier alpha value is -1.88. The first-order valence-corrected chi connectivity index (χ1v) is 7.47. The van der Waals surface area contributed by atoms with Crippen LogP contribution < -0.4 is 5.32 Å². The van der Waals surface area contributed by atoms with E-state index in [0.717, 1.165) is 23.7 Å². The maximum Gasteiger partial charge on any atom is 0.311 e. The molecule has 104 valence electrons. The van der Waals surface area contributed by atoms with Gasteiger partial charge in [-0.05, 0) is 24.0 Å². The minimum absolute atomic E-state index is 0.236. The Balaban J connectivity index is 1.61. The Kier molecular flexibility index (Phi) is 3.69. The third kappa shape index (κ3) is 2.82. The van der Waals surface area contributed by atoms with Crippen molar-refractivity contribution in [1.82, 2.24) is 4.98 Å². The fourth-order valence-corrected chi connectivity index (χ4v) is 3.30. The van der Waals surface area contributed by atoms with Crippen LogP contribution in [0.1, 0.15) is 16.8 Å². The van der Waals surface area contributed by atoms with Crippen LogP contribution in [-0.2, 0) is 28.8 Å². The van der Waals surface area contributed by atoms with Gasteiger partial charge in [-0.25, -0.2) is 4.98 Å². The molecular weight excluding hydrogens is 272 g/mol. The molecule has 1 aliphatic rings. The number of rotatable bonds is 4. The zero-order valence-electron chi connectivity index (χ0n) is 11.3. The molecule has 0 aliphatic heterocycles. The van der Waals surface area contributed by atoms with E-state index in [-0.39, 0.29) is 12.4 Å². The molecule has 5 heteroatoms. The molecular formula is C15H16N2O2S. The second-order valence-electron chi connectivity index (χ2n) is 4.92. The summed E-state index contributed by atoms with van der Waals surface area (Å²) < 4.78 is 4.64. The van der Waals surface area contributed by atoms with Crippen LogP contribution in [0.5, 0.6) is 0 Å². The number of carbonyl (C=O) groups is 1. The van der Waals surface area contributed by atoms with Gasteiger partial charge in [-0.2, -0.15) is 0 Å². The Morgan fingerprint density at radius 1 is 1.40 bits per heavy atom. The summed E-state index contributed by atoms with van der Waals surface area (Å²) >= 11 is 1.54. The van der Waals surface area contributed by atoms with Crippen LogP contribution in [0.25, 0.3) is 0 Å². The van der Waals surface area contributed by atoms with Crippen LogP contribution in [0.2, 0.25) is 0 Å². The van der Waals surface area contributed by atoms with E-state index in [9.17, 15) is 4.79 Å². The monoisotopic (exact) mass is 288 g/mol. The zero-order valence-corrected chi connectivity index (χ0v) is 12.1. The number of hydrogen-bond donors (Lipinski definition) is 1. The van der Waals surface area contributed by atoms with Gasteiger partial charge in [-0.1, -0.05) is 24.3 Å². The van der Waals surface area contributed by atoms with E-state index in [0.29, 0.717) is 6.04 Å². The molecule has 0 spiro atoms. The average Bonchev–Trinajstić information content (AvgIpc) is 3.05. The Morgan fingerprint density at radius 3 is 2.75 bits per heavy atom. The summed E-state index contributed by atoms with van der Waals surface area (Å²) in [7, 11) is 1.39. The van der Waals surface area contributed by atoms with Crippen molar-refractivity contribution in [3.63, 3.8) is 0 Å². The zero-order chi connectivity index (χ0) is 13.9. The highest BCUT2D eigenvalue weighted by Gasteiger charge is 2.21. The fourth-order valence-electron chi connectivity index (χ4n) is 2.51. The van der Waals surface area contributed by atoms with Gasteiger partial charge in [0.25, 0.3) is 0 Å². The summed E-state index contributed by atoms with van der Waals surface area (Å²) in [4.78, 5) is 15.6. The highest BCUT2D eigenvalue weighted by molar-refractivity contribution is 7.13. The van der Waals surface area contributed by atoms with Crippen molar-refractivity contribution in [2.75, 3.05) is 12.4 Å². The van der Waals surface area contributed by atoms with Gasteiger partial charge in [-0.15, -0.1) is 11.3 Å². The van der Waals surface area contributed by atoms with Crippen molar-refractivity contribution in [2.24, 2.45) is 0 Å². The molecule has 0 atom stereocenters. The summed E-state index contributed by atoms with van der Waals surface area (Å²) in [5.74, 6) is -0.255. The highest BCUT2D eigenvalue weighted by atomic mass is 32.1. The maximum atomic E-state index is 11.2. The topological polar surface area (TPSA) is 51.2 Å². The number of methoxy groups -OCH3 is 1. The first kappa shape index (κ1) is 13.1. The maximum absolute atomic E-state index is 11.2. The molecule has 4 nitrogen and oxygen atoms in total. The summed E-state index contributed by atoms with van der Waals surface area (Å²) in [5, 5.41) is 6.24. The van der Waals surface area contributed by atoms with Crippen LogP contribution in [0.3, 0.4) is 0 Å². The van der Waals surface area contributed by atoms with Gasteiger partial charge in [0.15, 0.2) is 5.13 Å². The van der Waals surface area contributed by atoms with Crippen molar-refractivity contribution in [3.05, 3.63) is 46.5 Å². The van der Waals surface area contributed by atoms with Gasteiger partial charge >= 0.3 is 5.97 Å². The largest absolute Gasteiger partial charge is 0.469 e. The number of nitrogens with zero attached hydrogens (tertiary/aromatic N) is 1. The molecule has 1 aromatic heterocycles. The van der Waals surface area contributed by atoms with Crippen LogP contribution in [0.4, 0.5) is 5.13 Å². The fraction of sp³-hybridized carbons (Fsp3) is 0.333. The third-order valence-corrected chi connectivity index (χ3v) is 4.31. The standard InChI is InChI=1S/C15H16N2O2S/c1-19-14(18)8-13-9-20-15(17-13)16-12-6-10-4-2-3-5-11(10)7-12/h2-5,9,12H,6-8H2,1H3,(H,16,17). The van der Waals surface area contributed by atoms with Crippen molar-refractivity contribution >= 4 is 22.4 Å². The number of carbonyl (C=O) groups excluding carboxylic acids is 1. The smallest absolute Gasteiger partial charge is 0.311 e. The second kappa shape index (κ2) is 5.63. The molecule has 0 bridgehead atoms. The van der Waals surface area contributed by atoms with Crippen molar-refractivity contribution in [2.45, 2.75) is 25.3 Å². The summed E-state index contributed by atoms with van der Waals surface area (Å²) in [6.45, 7) is 0. The molecule has 0 unspecified atom stereocenters. The molecule has 3 rings (SSSR count). The van der Waals surface area contributed by atoms with Gasteiger partial charge < -0.3 is 10.1 Å². The van der Waals surface area contributed by atoms with Crippen molar-refractivity contribution < 1.29 is 9.53 Å². The molecule has 1 heterocycles. The first-order valence-electron chi connectivity index (χ1n) is 6.59. The van der Waals surface area contributed by atoms with E-state index in [1.807, 2.05) is 5.38 Å². The lowest BCUT2D eigenvalue weighted by Gasteiger charge is -2.09. The van der Waals surface area contributed by atoms with E-state index in [4.69, 9.17) is 0 Å². The minimum Gasteiger partial charge on any atom is -0.469 e. The normalized spacial score (nSPS) is 14.1. The van der Waals surface area contributed by atoms with E-state index < -0.39 is 0 Å². The molecule has 0 saturated carbocycles. The number of ether oxygens (including phenoxy) is 1. The minimum atomic E-state index is -0.255. The predicted molar refractivity (Wildman–Crippen MR) is 79.1 cm³/mol. The number of aromatic nitrogens is 1. The third-order valence-electron chi connectivity index (χ3n) is 3.48. The quantitative estimate of drug-likeness (QED) is 0.878. The SMILES string of the molecule is COC(=O)Cc1csc(NC2Cc3ccccc3C2)n1. The van der Waals surface area contributed by atoms with Crippen molar-refractivity contribution in [3.8, 4) is 0 Å². The van der Waals surface area contributed by atoms with E-state index in [1.165, 1.54) is 29.6 Å². The van der Waals surface area contributed by atoms with Gasteiger partial charge in [-0.3, -0.25) is 4.79 Å². The average molecular weight is 288 g/mol. The van der Waals surface area contributed by atoms with Crippen LogP contribution in [-0.4, -0.2) is 24.1 Å². The molecule has 1 aliphatic carbocycles.